The van der Waals surface area contributed by atoms with Gasteiger partial charge in [-0.25, -0.2) is 0 Å². The Morgan fingerprint density at radius 1 is 1.39 bits per heavy atom. The van der Waals surface area contributed by atoms with Crippen molar-refractivity contribution in [1.82, 2.24) is 10.3 Å². The zero-order chi connectivity index (χ0) is 12.5. The topological polar surface area (TPSA) is 50.9 Å². The van der Waals surface area contributed by atoms with E-state index in [1.165, 1.54) is 12.8 Å². The lowest BCUT2D eigenvalue weighted by molar-refractivity contribution is 0.617. The van der Waals surface area contributed by atoms with Crippen LogP contribution in [0.15, 0.2) is 30.3 Å². The molecule has 0 aliphatic heterocycles. The van der Waals surface area contributed by atoms with Gasteiger partial charge < -0.3 is 11.1 Å². The van der Waals surface area contributed by atoms with Gasteiger partial charge in [-0.15, -0.1) is 0 Å². The second-order valence-corrected chi connectivity index (χ2v) is 5.11. The number of hydrogen-bond acceptors (Lipinski definition) is 3. The third kappa shape index (κ3) is 2.18. The first kappa shape index (κ1) is 11.5. The molecule has 1 saturated carbocycles. The summed E-state index contributed by atoms with van der Waals surface area (Å²) in [5, 5.41) is 4.59. The van der Waals surface area contributed by atoms with Crippen LogP contribution >= 0.6 is 0 Å². The highest BCUT2D eigenvalue weighted by atomic mass is 15.0. The number of pyridine rings is 1. The SMILES string of the molecule is CCC1CC1NCc1cc(N)c2ccccc2n1. The number of benzene rings is 1. The van der Waals surface area contributed by atoms with Gasteiger partial charge in [-0.1, -0.05) is 31.5 Å². The molecule has 0 bridgehead atoms. The number of nitrogen functional groups attached to an aromatic ring is 1. The molecule has 1 aliphatic carbocycles. The Kier molecular flexibility index (Phi) is 2.92. The molecule has 3 N–H and O–H groups in total. The number of para-hydroxylation sites is 1. The van der Waals surface area contributed by atoms with Crippen molar-refractivity contribution in [1.29, 1.82) is 0 Å². The lowest BCUT2D eigenvalue weighted by atomic mass is 10.1. The van der Waals surface area contributed by atoms with Crippen LogP contribution in [0.4, 0.5) is 5.69 Å². The van der Waals surface area contributed by atoms with Crippen molar-refractivity contribution in [2.45, 2.75) is 32.4 Å². The van der Waals surface area contributed by atoms with Gasteiger partial charge in [0.05, 0.1) is 11.2 Å². The van der Waals surface area contributed by atoms with Gasteiger partial charge in [-0.3, -0.25) is 4.98 Å². The van der Waals surface area contributed by atoms with E-state index in [0.29, 0.717) is 6.04 Å². The lowest BCUT2D eigenvalue weighted by Crippen LogP contribution is -2.18. The average molecular weight is 241 g/mol. The number of fused-ring (bicyclic) bond motifs is 1. The molecule has 0 spiro atoms. The van der Waals surface area contributed by atoms with Crippen molar-refractivity contribution in [3.63, 3.8) is 0 Å². The highest BCUT2D eigenvalue weighted by Gasteiger charge is 2.34. The summed E-state index contributed by atoms with van der Waals surface area (Å²) in [6.45, 7) is 3.06. The molecule has 0 amide bonds. The molecule has 1 aromatic heterocycles. The molecule has 3 nitrogen and oxygen atoms in total. The molecule has 0 saturated heterocycles. The van der Waals surface area contributed by atoms with Crippen LogP contribution in [-0.2, 0) is 6.54 Å². The predicted octanol–water partition coefficient (Wildman–Crippen LogP) is 2.71. The minimum Gasteiger partial charge on any atom is -0.398 e. The quantitative estimate of drug-likeness (QED) is 0.865. The van der Waals surface area contributed by atoms with Crippen LogP contribution in [0.25, 0.3) is 10.9 Å². The van der Waals surface area contributed by atoms with E-state index in [-0.39, 0.29) is 0 Å². The zero-order valence-corrected chi connectivity index (χ0v) is 10.7. The van der Waals surface area contributed by atoms with Crippen molar-refractivity contribution < 1.29 is 0 Å². The summed E-state index contributed by atoms with van der Waals surface area (Å²) in [6.07, 6.45) is 2.57. The maximum absolute atomic E-state index is 6.06. The number of nitrogens with one attached hydrogen (secondary N) is 1. The Labute approximate surface area is 107 Å². The van der Waals surface area contributed by atoms with Gasteiger partial charge in [0.25, 0.3) is 0 Å². The maximum atomic E-state index is 6.06. The minimum atomic E-state index is 0.685. The molecule has 1 aliphatic rings. The third-order valence-corrected chi connectivity index (χ3v) is 3.79. The molecule has 1 heterocycles. The normalized spacial score (nSPS) is 22.3. The smallest absolute Gasteiger partial charge is 0.0726 e. The van der Waals surface area contributed by atoms with Crippen molar-refractivity contribution >= 4 is 16.6 Å². The summed E-state index contributed by atoms with van der Waals surface area (Å²) in [5.74, 6) is 0.864. The fraction of sp³-hybridized carbons (Fsp3) is 0.400. The van der Waals surface area contributed by atoms with Crippen LogP contribution in [0.3, 0.4) is 0 Å². The maximum Gasteiger partial charge on any atom is 0.0726 e. The van der Waals surface area contributed by atoms with E-state index in [1.54, 1.807) is 0 Å². The predicted molar refractivity (Wildman–Crippen MR) is 75.2 cm³/mol. The van der Waals surface area contributed by atoms with Crippen molar-refractivity contribution in [3.05, 3.63) is 36.0 Å². The van der Waals surface area contributed by atoms with Crippen molar-refractivity contribution in [3.8, 4) is 0 Å². The van der Waals surface area contributed by atoms with E-state index < -0.39 is 0 Å². The summed E-state index contributed by atoms with van der Waals surface area (Å²) in [7, 11) is 0. The summed E-state index contributed by atoms with van der Waals surface area (Å²) in [6, 6.07) is 10.7. The Morgan fingerprint density at radius 3 is 3.00 bits per heavy atom. The van der Waals surface area contributed by atoms with Gasteiger partial charge in [0.1, 0.15) is 0 Å². The van der Waals surface area contributed by atoms with Crippen molar-refractivity contribution in [2.75, 3.05) is 5.73 Å². The highest BCUT2D eigenvalue weighted by Crippen LogP contribution is 2.33. The summed E-state index contributed by atoms with van der Waals surface area (Å²) >= 11 is 0. The number of rotatable bonds is 4. The van der Waals surface area contributed by atoms with E-state index in [0.717, 1.165) is 34.7 Å². The second-order valence-electron chi connectivity index (χ2n) is 5.11. The molecule has 2 unspecified atom stereocenters. The summed E-state index contributed by atoms with van der Waals surface area (Å²) in [5.41, 5.74) is 8.90. The van der Waals surface area contributed by atoms with Gasteiger partial charge in [0, 0.05) is 23.7 Å². The van der Waals surface area contributed by atoms with Gasteiger partial charge in [0.15, 0.2) is 0 Å². The Balaban J connectivity index is 1.76. The standard InChI is InChI=1S/C15H19N3/c1-2-10-7-15(10)17-9-11-8-13(16)12-5-3-4-6-14(12)18-11/h3-6,8,10,15,17H,2,7,9H2,1H3,(H2,16,18). The van der Waals surface area contributed by atoms with Crippen LogP contribution in [0.5, 0.6) is 0 Å². The van der Waals surface area contributed by atoms with Crippen molar-refractivity contribution in [2.24, 2.45) is 5.92 Å². The Hall–Kier alpha value is -1.61. The summed E-state index contributed by atoms with van der Waals surface area (Å²) < 4.78 is 0. The molecule has 3 rings (SSSR count). The van der Waals surface area contributed by atoms with Gasteiger partial charge >= 0.3 is 0 Å². The fourth-order valence-electron chi connectivity index (χ4n) is 2.53. The summed E-state index contributed by atoms with van der Waals surface area (Å²) in [4.78, 5) is 4.64. The van der Waals surface area contributed by atoms with Gasteiger partial charge in [0.2, 0.25) is 0 Å². The monoisotopic (exact) mass is 241 g/mol. The molecular weight excluding hydrogens is 222 g/mol. The van der Waals surface area contributed by atoms with Gasteiger partial charge in [-0.2, -0.15) is 0 Å². The van der Waals surface area contributed by atoms with Crippen LogP contribution in [-0.4, -0.2) is 11.0 Å². The number of anilines is 1. The Morgan fingerprint density at radius 2 is 2.22 bits per heavy atom. The third-order valence-electron chi connectivity index (χ3n) is 3.79. The zero-order valence-electron chi connectivity index (χ0n) is 10.7. The first-order chi connectivity index (χ1) is 8.78. The molecule has 1 aromatic carbocycles. The van der Waals surface area contributed by atoms with E-state index in [4.69, 9.17) is 5.73 Å². The van der Waals surface area contributed by atoms with Crippen LogP contribution in [0.2, 0.25) is 0 Å². The second kappa shape index (κ2) is 4.58. The number of nitrogens with two attached hydrogens (primary N) is 1. The largest absolute Gasteiger partial charge is 0.398 e. The molecule has 2 aromatic rings. The van der Waals surface area contributed by atoms with Gasteiger partial charge in [-0.05, 0) is 24.5 Å². The molecule has 94 valence electrons. The number of nitrogens with zero attached hydrogens (tertiary/aromatic N) is 1. The molecular formula is C15H19N3. The van der Waals surface area contributed by atoms with Crippen LogP contribution in [0, 0.1) is 5.92 Å². The molecule has 2 atom stereocenters. The lowest BCUT2D eigenvalue weighted by Gasteiger charge is -2.07. The molecule has 1 fully saturated rings. The first-order valence-corrected chi connectivity index (χ1v) is 6.65. The first-order valence-electron chi connectivity index (χ1n) is 6.65. The van der Waals surface area contributed by atoms with Crippen LogP contribution in [0.1, 0.15) is 25.5 Å². The van der Waals surface area contributed by atoms with E-state index in [2.05, 4.69) is 17.2 Å². The minimum absolute atomic E-state index is 0.685. The van der Waals surface area contributed by atoms with E-state index in [9.17, 15) is 0 Å². The number of hydrogen-bond donors (Lipinski definition) is 2. The van der Waals surface area contributed by atoms with E-state index >= 15 is 0 Å². The highest BCUT2D eigenvalue weighted by molar-refractivity contribution is 5.90. The molecule has 0 radical (unpaired) electrons. The fourth-order valence-corrected chi connectivity index (χ4v) is 2.53. The molecule has 3 heteroatoms. The Bertz CT molecular complexity index is 565. The van der Waals surface area contributed by atoms with Crippen LogP contribution < -0.4 is 11.1 Å². The molecule has 18 heavy (non-hydrogen) atoms. The van der Waals surface area contributed by atoms with E-state index in [1.807, 2.05) is 30.3 Å². The average Bonchev–Trinajstić information content (AvgIpc) is 3.15. The number of aromatic nitrogens is 1.